The summed E-state index contributed by atoms with van der Waals surface area (Å²) >= 11 is 3.80. The highest BCUT2D eigenvalue weighted by molar-refractivity contribution is 9.10. The van der Waals surface area contributed by atoms with Crippen LogP contribution in [-0.2, 0) is 0 Å². The number of hydrogen-bond donors (Lipinski definition) is 2. The zero-order valence-corrected chi connectivity index (χ0v) is 12.7. The molecule has 104 valence electrons. The highest BCUT2D eigenvalue weighted by atomic mass is 79.9. The van der Waals surface area contributed by atoms with Gasteiger partial charge < -0.3 is 10.6 Å². The van der Waals surface area contributed by atoms with Crippen molar-refractivity contribution in [3.63, 3.8) is 0 Å². The van der Waals surface area contributed by atoms with Gasteiger partial charge >= 0.3 is 0 Å². The van der Waals surface area contributed by atoms with E-state index in [9.17, 15) is 0 Å². The van der Waals surface area contributed by atoms with Gasteiger partial charge in [-0.05, 0) is 60.6 Å². The fourth-order valence-electron chi connectivity index (χ4n) is 3.99. The van der Waals surface area contributed by atoms with E-state index in [0.29, 0.717) is 12.0 Å². The summed E-state index contributed by atoms with van der Waals surface area (Å²) in [5.74, 6) is 2.65. The van der Waals surface area contributed by atoms with E-state index < -0.39 is 0 Å². The number of rotatable bonds is 1. The summed E-state index contributed by atoms with van der Waals surface area (Å²) in [6, 6.07) is 0.642. The number of anilines is 1. The first kappa shape index (κ1) is 12.2. The van der Waals surface area contributed by atoms with Gasteiger partial charge in [-0.15, -0.1) is 0 Å². The van der Waals surface area contributed by atoms with Gasteiger partial charge in [0.1, 0.15) is 5.82 Å². The number of fused-ring (bicyclic) bond motifs is 3. The van der Waals surface area contributed by atoms with Crippen LogP contribution in [0.3, 0.4) is 0 Å². The summed E-state index contributed by atoms with van der Waals surface area (Å²) < 4.78 is 3.52. The Kier molecular flexibility index (Phi) is 3.07. The van der Waals surface area contributed by atoms with Gasteiger partial charge in [0.25, 0.3) is 0 Å². The minimum absolute atomic E-state index is 0.621. The average Bonchev–Trinajstić information content (AvgIpc) is 3.04. The molecule has 5 heteroatoms. The van der Waals surface area contributed by atoms with Gasteiger partial charge in [0.05, 0.1) is 16.2 Å². The Hall–Kier alpha value is -0.550. The first-order valence-corrected chi connectivity index (χ1v) is 8.36. The molecular formula is C14H21BrN4. The molecule has 0 radical (unpaired) electrons. The molecule has 0 bridgehead atoms. The molecule has 1 aromatic rings. The second kappa shape index (κ2) is 4.77. The molecule has 4 rings (SSSR count). The van der Waals surface area contributed by atoms with Crippen LogP contribution in [0.2, 0.25) is 0 Å². The minimum Gasteiger partial charge on any atom is -0.369 e. The predicted octanol–water partition coefficient (Wildman–Crippen LogP) is 2.88. The van der Waals surface area contributed by atoms with E-state index in [0.717, 1.165) is 25.6 Å². The Morgan fingerprint density at radius 1 is 1.16 bits per heavy atom. The zero-order chi connectivity index (χ0) is 12.8. The van der Waals surface area contributed by atoms with E-state index in [2.05, 4.69) is 31.2 Å². The summed E-state index contributed by atoms with van der Waals surface area (Å²) in [5, 5.41) is 12.0. The van der Waals surface area contributed by atoms with Crippen LogP contribution >= 0.6 is 15.9 Å². The molecule has 1 saturated heterocycles. The van der Waals surface area contributed by atoms with Gasteiger partial charge in [-0.25, -0.2) is 4.68 Å². The normalized spacial score (nSPS) is 30.8. The predicted molar refractivity (Wildman–Crippen MR) is 79.6 cm³/mol. The lowest BCUT2D eigenvalue weighted by Gasteiger charge is -2.28. The van der Waals surface area contributed by atoms with E-state index in [1.165, 1.54) is 48.1 Å². The molecule has 3 heterocycles. The summed E-state index contributed by atoms with van der Waals surface area (Å²) in [5.41, 5.74) is 1.29. The summed E-state index contributed by atoms with van der Waals surface area (Å²) in [7, 11) is 0. The van der Waals surface area contributed by atoms with Crippen LogP contribution < -0.4 is 10.6 Å². The van der Waals surface area contributed by atoms with Crippen LogP contribution in [0.15, 0.2) is 4.47 Å². The van der Waals surface area contributed by atoms with Gasteiger partial charge in [0.2, 0.25) is 0 Å². The summed E-state index contributed by atoms with van der Waals surface area (Å²) in [6.07, 6.45) is 6.44. The third kappa shape index (κ3) is 1.93. The monoisotopic (exact) mass is 324 g/mol. The first-order chi connectivity index (χ1) is 9.34. The number of nitrogens with zero attached hydrogens (tertiary/aromatic N) is 2. The molecule has 1 aromatic heterocycles. The van der Waals surface area contributed by atoms with E-state index in [-0.39, 0.29) is 0 Å². The Morgan fingerprint density at radius 3 is 2.84 bits per heavy atom. The summed E-state index contributed by atoms with van der Waals surface area (Å²) in [4.78, 5) is 0. The molecule has 2 N–H and O–H groups in total. The van der Waals surface area contributed by atoms with Crippen molar-refractivity contribution in [3.05, 3.63) is 10.2 Å². The minimum atomic E-state index is 0.621. The topological polar surface area (TPSA) is 41.9 Å². The second-order valence-corrected chi connectivity index (χ2v) is 6.95. The van der Waals surface area contributed by atoms with Crippen molar-refractivity contribution < 1.29 is 0 Å². The van der Waals surface area contributed by atoms with Crippen molar-refractivity contribution in [3.8, 4) is 0 Å². The standard InChI is InChI=1S/C14H21BrN4/c15-12-13(9-4-6-16-7-5-9)18-19-11-3-1-2-10(11)8-17-14(12)19/h9-11,16-17H,1-8H2. The number of aromatic nitrogens is 2. The Labute approximate surface area is 122 Å². The van der Waals surface area contributed by atoms with Crippen LogP contribution in [0.4, 0.5) is 5.82 Å². The van der Waals surface area contributed by atoms with Gasteiger partial charge in [-0.3, -0.25) is 0 Å². The van der Waals surface area contributed by atoms with Crippen molar-refractivity contribution in [2.45, 2.75) is 44.1 Å². The maximum atomic E-state index is 5.00. The van der Waals surface area contributed by atoms with Crippen LogP contribution in [0, 0.1) is 5.92 Å². The van der Waals surface area contributed by atoms with Crippen LogP contribution in [0.1, 0.15) is 49.8 Å². The van der Waals surface area contributed by atoms with Gasteiger partial charge in [-0.1, -0.05) is 6.42 Å². The molecule has 0 spiro atoms. The summed E-state index contributed by atoms with van der Waals surface area (Å²) in [6.45, 7) is 3.37. The van der Waals surface area contributed by atoms with Crippen molar-refractivity contribution in [1.82, 2.24) is 15.1 Å². The number of hydrogen-bond acceptors (Lipinski definition) is 3. The Morgan fingerprint density at radius 2 is 2.00 bits per heavy atom. The third-order valence-electron chi connectivity index (χ3n) is 5.07. The van der Waals surface area contributed by atoms with E-state index in [1.54, 1.807) is 0 Å². The van der Waals surface area contributed by atoms with Crippen molar-refractivity contribution in [1.29, 1.82) is 0 Å². The van der Waals surface area contributed by atoms with Crippen LogP contribution in [-0.4, -0.2) is 29.4 Å². The fourth-order valence-corrected chi connectivity index (χ4v) is 4.72. The van der Waals surface area contributed by atoms with E-state index >= 15 is 0 Å². The molecule has 0 aromatic carbocycles. The highest BCUT2D eigenvalue weighted by Crippen LogP contribution is 2.45. The molecule has 2 atom stereocenters. The number of piperidine rings is 1. The molecule has 2 unspecified atom stereocenters. The molecule has 1 aliphatic carbocycles. The zero-order valence-electron chi connectivity index (χ0n) is 11.2. The average molecular weight is 325 g/mol. The Bertz CT molecular complexity index is 478. The van der Waals surface area contributed by atoms with E-state index in [4.69, 9.17) is 5.10 Å². The number of nitrogens with one attached hydrogen (secondary N) is 2. The van der Waals surface area contributed by atoms with Crippen LogP contribution in [0.25, 0.3) is 0 Å². The molecule has 3 aliphatic rings. The van der Waals surface area contributed by atoms with Crippen molar-refractivity contribution in [2.24, 2.45) is 5.92 Å². The lowest BCUT2D eigenvalue weighted by atomic mass is 9.95. The molecule has 4 nitrogen and oxygen atoms in total. The quantitative estimate of drug-likeness (QED) is 0.834. The maximum absolute atomic E-state index is 5.00. The van der Waals surface area contributed by atoms with Gasteiger partial charge in [-0.2, -0.15) is 5.10 Å². The van der Waals surface area contributed by atoms with E-state index in [1.807, 2.05) is 0 Å². The highest BCUT2D eigenvalue weighted by Gasteiger charge is 2.37. The molecular weight excluding hydrogens is 304 g/mol. The SMILES string of the molecule is Brc1c(C2CCNCC2)nn2c1NCC1CCCC12. The molecule has 19 heavy (non-hydrogen) atoms. The lowest BCUT2D eigenvalue weighted by molar-refractivity contribution is 0.342. The molecule has 1 saturated carbocycles. The third-order valence-corrected chi connectivity index (χ3v) is 5.85. The van der Waals surface area contributed by atoms with Gasteiger partial charge in [0.15, 0.2) is 0 Å². The number of halogens is 1. The first-order valence-electron chi connectivity index (χ1n) is 7.57. The largest absolute Gasteiger partial charge is 0.369 e. The maximum Gasteiger partial charge on any atom is 0.139 e. The van der Waals surface area contributed by atoms with Crippen molar-refractivity contribution >= 4 is 21.7 Å². The van der Waals surface area contributed by atoms with Crippen molar-refractivity contribution in [2.75, 3.05) is 25.0 Å². The smallest absolute Gasteiger partial charge is 0.139 e. The second-order valence-electron chi connectivity index (χ2n) is 6.16. The molecule has 0 amide bonds. The fraction of sp³-hybridized carbons (Fsp3) is 0.786. The Balaban J connectivity index is 1.70. The lowest BCUT2D eigenvalue weighted by Crippen LogP contribution is -2.29. The van der Waals surface area contributed by atoms with Crippen LogP contribution in [0.5, 0.6) is 0 Å². The van der Waals surface area contributed by atoms with Gasteiger partial charge in [0, 0.05) is 12.5 Å². The molecule has 2 fully saturated rings. The molecule has 2 aliphatic heterocycles.